The fraction of sp³-hybridized carbons (Fsp3) is 0.312. The molecule has 0 spiro atoms. The van der Waals surface area contributed by atoms with Gasteiger partial charge in [-0.25, -0.2) is 14.1 Å². The van der Waals surface area contributed by atoms with Gasteiger partial charge in [-0.15, -0.1) is 0 Å². The molecule has 0 aliphatic heterocycles. The van der Waals surface area contributed by atoms with Crippen molar-refractivity contribution in [2.45, 2.75) is 33.1 Å². The van der Waals surface area contributed by atoms with E-state index in [0.717, 1.165) is 25.0 Å². The molecule has 23 heavy (non-hydrogen) atoms. The zero-order valence-corrected chi connectivity index (χ0v) is 13.7. The number of H-pyrrole nitrogens is 1. The largest absolute Gasteiger partial charge is 0.280 e. The van der Waals surface area contributed by atoms with Crippen LogP contribution in [0.2, 0.25) is 5.02 Å². The number of halogens is 2. The van der Waals surface area contributed by atoms with E-state index in [-0.39, 0.29) is 5.82 Å². The van der Waals surface area contributed by atoms with E-state index < -0.39 is 0 Å². The number of nitrogens with zero attached hydrogens (tertiary/aromatic N) is 4. The van der Waals surface area contributed by atoms with Crippen LogP contribution >= 0.6 is 11.6 Å². The third kappa shape index (κ3) is 2.99. The first-order chi connectivity index (χ1) is 11.1. The third-order valence-electron chi connectivity index (χ3n) is 3.52. The predicted molar refractivity (Wildman–Crippen MR) is 87.3 cm³/mol. The molecule has 0 fully saturated rings. The molecule has 0 bridgehead atoms. The maximum Gasteiger partial charge on any atom is 0.185 e. The van der Waals surface area contributed by atoms with Gasteiger partial charge in [0.2, 0.25) is 0 Å². The molecule has 5 nitrogen and oxygen atoms in total. The van der Waals surface area contributed by atoms with Crippen LogP contribution in [0.5, 0.6) is 0 Å². The van der Waals surface area contributed by atoms with Crippen LogP contribution in [0.3, 0.4) is 0 Å². The molecule has 0 atom stereocenters. The molecule has 3 rings (SSSR count). The lowest BCUT2D eigenvalue weighted by molar-refractivity contribution is 0.625. The SMILES string of the molecule is CCCc1nc(-c2n[nH]c(CC)c2Cl)n(-c2cccc(F)c2)n1. The average molecular weight is 334 g/mol. The first-order valence-electron chi connectivity index (χ1n) is 7.59. The smallest absolute Gasteiger partial charge is 0.185 e. The Balaban J connectivity index is 2.16. The summed E-state index contributed by atoms with van der Waals surface area (Å²) >= 11 is 6.39. The normalized spacial score (nSPS) is 11.1. The van der Waals surface area contributed by atoms with Crippen molar-refractivity contribution >= 4 is 11.6 Å². The summed E-state index contributed by atoms with van der Waals surface area (Å²) in [4.78, 5) is 4.55. The summed E-state index contributed by atoms with van der Waals surface area (Å²) in [5, 5.41) is 12.2. The number of aromatic amines is 1. The van der Waals surface area contributed by atoms with Gasteiger partial charge in [0.25, 0.3) is 0 Å². The minimum Gasteiger partial charge on any atom is -0.280 e. The highest BCUT2D eigenvalue weighted by atomic mass is 35.5. The number of aryl methyl sites for hydroxylation is 2. The van der Waals surface area contributed by atoms with E-state index in [0.29, 0.717) is 28.1 Å². The highest BCUT2D eigenvalue weighted by molar-refractivity contribution is 6.33. The Kier molecular flexibility index (Phi) is 4.43. The highest BCUT2D eigenvalue weighted by Crippen LogP contribution is 2.29. The molecule has 0 amide bonds. The van der Waals surface area contributed by atoms with E-state index >= 15 is 0 Å². The maximum absolute atomic E-state index is 13.6. The lowest BCUT2D eigenvalue weighted by atomic mass is 10.2. The molecule has 0 radical (unpaired) electrons. The fourth-order valence-corrected chi connectivity index (χ4v) is 2.67. The molecule has 0 aliphatic rings. The van der Waals surface area contributed by atoms with Gasteiger partial charge in [-0.2, -0.15) is 10.2 Å². The zero-order chi connectivity index (χ0) is 16.4. The minimum atomic E-state index is -0.330. The molecule has 0 aliphatic carbocycles. The third-order valence-corrected chi connectivity index (χ3v) is 3.93. The van der Waals surface area contributed by atoms with Crippen LogP contribution in [0.4, 0.5) is 4.39 Å². The van der Waals surface area contributed by atoms with E-state index in [4.69, 9.17) is 11.6 Å². The first-order valence-corrected chi connectivity index (χ1v) is 7.96. The molecule has 1 N–H and O–H groups in total. The molecule has 3 aromatic rings. The summed E-state index contributed by atoms with van der Waals surface area (Å²) in [6, 6.07) is 6.22. The molecule has 0 saturated carbocycles. The molecular formula is C16H17ClFN5. The van der Waals surface area contributed by atoms with Gasteiger partial charge in [-0.05, 0) is 31.0 Å². The highest BCUT2D eigenvalue weighted by Gasteiger charge is 2.20. The summed E-state index contributed by atoms with van der Waals surface area (Å²) in [5.41, 5.74) is 1.96. The van der Waals surface area contributed by atoms with Crippen LogP contribution in [0.25, 0.3) is 17.2 Å². The molecule has 0 unspecified atom stereocenters. The van der Waals surface area contributed by atoms with Crippen molar-refractivity contribution < 1.29 is 4.39 Å². The van der Waals surface area contributed by atoms with Crippen LogP contribution in [0.15, 0.2) is 24.3 Å². The van der Waals surface area contributed by atoms with E-state index in [1.54, 1.807) is 16.8 Å². The summed E-state index contributed by atoms with van der Waals surface area (Å²) < 4.78 is 15.2. The molecule has 2 aromatic heterocycles. The monoisotopic (exact) mass is 333 g/mol. The predicted octanol–water partition coefficient (Wildman–Crippen LogP) is 3.96. The van der Waals surface area contributed by atoms with Crippen LogP contribution in [0, 0.1) is 5.82 Å². The first kappa shape index (κ1) is 15.7. The average Bonchev–Trinajstić information content (AvgIpc) is 3.11. The second kappa shape index (κ2) is 6.50. The van der Waals surface area contributed by atoms with Gasteiger partial charge in [0.05, 0.1) is 16.4 Å². The summed E-state index contributed by atoms with van der Waals surface area (Å²) in [6.45, 7) is 4.04. The lowest BCUT2D eigenvalue weighted by Gasteiger charge is -2.04. The van der Waals surface area contributed by atoms with Crippen molar-refractivity contribution in [2.75, 3.05) is 0 Å². The van der Waals surface area contributed by atoms with Crippen LogP contribution in [0.1, 0.15) is 31.8 Å². The Morgan fingerprint density at radius 2 is 2.13 bits per heavy atom. The Morgan fingerprint density at radius 3 is 2.78 bits per heavy atom. The molecule has 120 valence electrons. The molecule has 1 aromatic carbocycles. The fourth-order valence-electron chi connectivity index (χ4n) is 2.37. The van der Waals surface area contributed by atoms with Gasteiger partial charge in [0, 0.05) is 6.42 Å². The second-order valence-electron chi connectivity index (χ2n) is 5.21. The van der Waals surface area contributed by atoms with Crippen molar-refractivity contribution in [3.63, 3.8) is 0 Å². The number of benzene rings is 1. The minimum absolute atomic E-state index is 0.330. The molecule has 7 heteroatoms. The van der Waals surface area contributed by atoms with Gasteiger partial charge in [0.15, 0.2) is 11.6 Å². The second-order valence-corrected chi connectivity index (χ2v) is 5.59. The number of rotatable bonds is 5. The van der Waals surface area contributed by atoms with Crippen molar-refractivity contribution in [1.29, 1.82) is 0 Å². The van der Waals surface area contributed by atoms with E-state index in [1.165, 1.54) is 12.1 Å². The number of aromatic nitrogens is 5. The molecule has 2 heterocycles. The van der Waals surface area contributed by atoms with E-state index in [1.807, 2.05) is 6.92 Å². The van der Waals surface area contributed by atoms with Crippen LogP contribution in [-0.2, 0) is 12.8 Å². The van der Waals surface area contributed by atoms with Crippen LogP contribution < -0.4 is 0 Å². The van der Waals surface area contributed by atoms with Crippen molar-refractivity contribution in [3.05, 3.63) is 46.6 Å². The molecule has 0 saturated heterocycles. The van der Waals surface area contributed by atoms with Gasteiger partial charge in [0.1, 0.15) is 11.5 Å². The van der Waals surface area contributed by atoms with Gasteiger partial charge in [-0.3, -0.25) is 5.10 Å². The lowest BCUT2D eigenvalue weighted by Crippen LogP contribution is -2.01. The van der Waals surface area contributed by atoms with Gasteiger partial charge >= 0.3 is 0 Å². The topological polar surface area (TPSA) is 59.4 Å². The van der Waals surface area contributed by atoms with Gasteiger partial charge < -0.3 is 0 Å². The Hall–Kier alpha value is -2.21. The number of nitrogens with one attached hydrogen (secondary N) is 1. The summed E-state index contributed by atoms with van der Waals surface area (Å²) in [7, 11) is 0. The Morgan fingerprint density at radius 1 is 1.30 bits per heavy atom. The van der Waals surface area contributed by atoms with Crippen molar-refractivity contribution in [1.82, 2.24) is 25.0 Å². The summed E-state index contributed by atoms with van der Waals surface area (Å²) in [6.07, 6.45) is 2.39. The van der Waals surface area contributed by atoms with Crippen LogP contribution in [-0.4, -0.2) is 25.0 Å². The standard InChI is InChI=1S/C16H17ClFN5/c1-3-6-13-19-16(15-14(17)12(4-2)20-21-15)23(22-13)11-8-5-7-10(18)9-11/h5,7-9H,3-4,6H2,1-2H3,(H,20,21). The quantitative estimate of drug-likeness (QED) is 0.768. The Bertz CT molecular complexity index is 824. The van der Waals surface area contributed by atoms with E-state index in [2.05, 4.69) is 27.2 Å². The molecular weight excluding hydrogens is 317 g/mol. The summed E-state index contributed by atoms with van der Waals surface area (Å²) in [5.74, 6) is 0.868. The van der Waals surface area contributed by atoms with Crippen molar-refractivity contribution in [2.24, 2.45) is 0 Å². The zero-order valence-electron chi connectivity index (χ0n) is 13.0. The van der Waals surface area contributed by atoms with E-state index in [9.17, 15) is 4.39 Å². The maximum atomic E-state index is 13.6. The number of hydrogen-bond donors (Lipinski definition) is 1. The van der Waals surface area contributed by atoms with Gasteiger partial charge in [-0.1, -0.05) is 31.5 Å². The number of hydrogen-bond acceptors (Lipinski definition) is 3. The van der Waals surface area contributed by atoms with Crippen molar-refractivity contribution in [3.8, 4) is 17.2 Å². The Labute approximate surface area is 138 Å².